The summed E-state index contributed by atoms with van der Waals surface area (Å²) in [5, 5.41) is 7.19. The molecule has 4 atom stereocenters. The summed E-state index contributed by atoms with van der Waals surface area (Å²) in [7, 11) is 7.73. The topological polar surface area (TPSA) is 96.6 Å². The Morgan fingerprint density at radius 2 is 2.00 bits per heavy atom. The molecule has 0 radical (unpaired) electrons. The summed E-state index contributed by atoms with van der Waals surface area (Å²) in [6, 6.07) is 5.73. The largest absolute Gasteiger partial charge is 0.361 e. The molecule has 4 aromatic rings. The number of fused-ring (bicyclic) bond motifs is 2. The second-order valence-electron chi connectivity index (χ2n) is 11.8. The van der Waals surface area contributed by atoms with E-state index in [0.717, 1.165) is 35.1 Å². The number of aromatic nitrogens is 5. The van der Waals surface area contributed by atoms with Crippen LogP contribution in [0.1, 0.15) is 37.6 Å². The molecule has 11 heteroatoms. The Kier molecular flexibility index (Phi) is 6.49. The molecule has 0 bridgehead atoms. The number of nitrogens with zero attached hydrogens (tertiary/aromatic N) is 6. The first-order valence-electron chi connectivity index (χ1n) is 13.5. The number of epoxide rings is 1. The fourth-order valence-corrected chi connectivity index (χ4v) is 6.46. The van der Waals surface area contributed by atoms with Crippen LogP contribution in [-0.4, -0.2) is 73.7 Å². The molecule has 2 aliphatic heterocycles. The van der Waals surface area contributed by atoms with Crippen LogP contribution >= 0.6 is 11.6 Å². The number of halogens is 1. The number of benzene rings is 1. The van der Waals surface area contributed by atoms with Gasteiger partial charge in [-0.05, 0) is 57.2 Å². The first-order valence-corrected chi connectivity index (χ1v) is 13.9. The summed E-state index contributed by atoms with van der Waals surface area (Å²) in [5.41, 5.74) is 2.67. The number of nitrogens with one attached hydrogen (secondary N) is 1. The Balaban J connectivity index is 1.52. The molecule has 5 heterocycles. The van der Waals surface area contributed by atoms with Gasteiger partial charge in [0, 0.05) is 48.2 Å². The lowest BCUT2D eigenvalue weighted by Crippen LogP contribution is -2.39. The molecule has 10 nitrogen and oxygen atoms in total. The zero-order chi connectivity index (χ0) is 27.7. The van der Waals surface area contributed by atoms with Crippen LogP contribution in [-0.2, 0) is 24.9 Å². The van der Waals surface area contributed by atoms with Crippen molar-refractivity contribution in [2.24, 2.45) is 18.9 Å². The standard InChI is InChI=1S/C28H36ClN7O3/c1-15(2)12-35-25-22(26(37)34(6)28(35)38)23(21-9-16(13-33(21)5)24-27(39-24)32(3)4)36(31-25)14-17-11-30-20-8-7-18(29)10-19(17)20/h7-8,10-11,15-16,21,24,27,30H,9,12-14H2,1-6H3. The highest BCUT2D eigenvalue weighted by Gasteiger charge is 2.50. The molecular formula is C28H36ClN7O3. The lowest BCUT2D eigenvalue weighted by Gasteiger charge is -2.21. The minimum absolute atomic E-state index is 0.0430. The molecule has 0 spiro atoms. The van der Waals surface area contributed by atoms with Crippen LogP contribution < -0.4 is 11.2 Å². The highest BCUT2D eigenvalue weighted by molar-refractivity contribution is 6.31. The SMILES string of the molecule is CC(C)Cn1c(=O)n(C)c(=O)c2c(C3CC(C4OC4N(C)C)CN3C)n(Cc3c[nH]c4ccc(Cl)cc34)nc21. The van der Waals surface area contributed by atoms with Crippen LogP contribution in [0.2, 0.25) is 5.02 Å². The minimum atomic E-state index is -0.339. The molecule has 39 heavy (non-hydrogen) atoms. The zero-order valence-corrected chi connectivity index (χ0v) is 24.1. The van der Waals surface area contributed by atoms with E-state index in [9.17, 15) is 9.59 Å². The molecule has 2 saturated heterocycles. The summed E-state index contributed by atoms with van der Waals surface area (Å²) in [6.07, 6.45) is 3.12. The van der Waals surface area contributed by atoms with Crippen molar-refractivity contribution in [1.29, 1.82) is 0 Å². The minimum Gasteiger partial charge on any atom is -0.361 e. The van der Waals surface area contributed by atoms with E-state index in [1.165, 1.54) is 4.57 Å². The Labute approximate surface area is 231 Å². The Morgan fingerprint density at radius 1 is 1.23 bits per heavy atom. The van der Waals surface area contributed by atoms with Crippen molar-refractivity contribution in [2.45, 2.75) is 51.7 Å². The van der Waals surface area contributed by atoms with E-state index < -0.39 is 0 Å². The van der Waals surface area contributed by atoms with Crippen molar-refractivity contribution < 1.29 is 4.74 Å². The average Bonchev–Trinajstić information content (AvgIpc) is 3.29. The smallest absolute Gasteiger partial charge is 0.332 e. The third-order valence-electron chi connectivity index (χ3n) is 8.23. The monoisotopic (exact) mass is 553 g/mol. The van der Waals surface area contributed by atoms with Crippen LogP contribution in [0.3, 0.4) is 0 Å². The number of H-pyrrole nitrogens is 1. The highest BCUT2D eigenvalue weighted by Crippen LogP contribution is 2.44. The number of likely N-dealkylation sites (tertiary alicyclic amines) is 1. The molecule has 3 aromatic heterocycles. The summed E-state index contributed by atoms with van der Waals surface area (Å²) in [6.45, 7) is 5.90. The van der Waals surface area contributed by atoms with Gasteiger partial charge in [0.25, 0.3) is 5.56 Å². The van der Waals surface area contributed by atoms with Crippen molar-refractivity contribution in [2.75, 3.05) is 27.7 Å². The van der Waals surface area contributed by atoms with Gasteiger partial charge in [0.2, 0.25) is 0 Å². The van der Waals surface area contributed by atoms with E-state index >= 15 is 0 Å². The molecule has 1 aromatic carbocycles. The predicted molar refractivity (Wildman–Crippen MR) is 152 cm³/mol. The molecule has 1 N–H and O–H groups in total. The maximum atomic E-state index is 13.7. The average molecular weight is 554 g/mol. The number of rotatable bonds is 7. The Hall–Kier alpha value is -2.92. The van der Waals surface area contributed by atoms with Gasteiger partial charge in [-0.15, -0.1) is 0 Å². The van der Waals surface area contributed by atoms with Gasteiger partial charge in [0.05, 0.1) is 18.3 Å². The van der Waals surface area contributed by atoms with E-state index in [2.05, 4.69) is 35.7 Å². The second kappa shape index (κ2) is 9.62. The van der Waals surface area contributed by atoms with Gasteiger partial charge in [-0.2, -0.15) is 5.10 Å². The Morgan fingerprint density at radius 3 is 2.69 bits per heavy atom. The summed E-state index contributed by atoms with van der Waals surface area (Å²) >= 11 is 6.34. The maximum absolute atomic E-state index is 13.7. The quantitative estimate of drug-likeness (QED) is 0.353. The third kappa shape index (κ3) is 4.43. The number of hydrogen-bond donors (Lipinski definition) is 1. The van der Waals surface area contributed by atoms with Crippen molar-refractivity contribution in [1.82, 2.24) is 33.7 Å². The molecule has 0 aliphatic carbocycles. The summed E-state index contributed by atoms with van der Waals surface area (Å²) in [5.74, 6) is 0.546. The summed E-state index contributed by atoms with van der Waals surface area (Å²) in [4.78, 5) is 34.7. The number of ether oxygens (including phenoxy) is 1. The first kappa shape index (κ1) is 26.3. The number of hydrogen-bond acceptors (Lipinski definition) is 6. The number of aromatic amines is 1. The van der Waals surface area contributed by atoms with Gasteiger partial charge in [0.15, 0.2) is 5.65 Å². The lowest BCUT2D eigenvalue weighted by atomic mass is 9.98. The first-order chi connectivity index (χ1) is 18.5. The van der Waals surface area contributed by atoms with Crippen LogP contribution in [0, 0.1) is 11.8 Å². The second-order valence-corrected chi connectivity index (χ2v) is 12.2. The maximum Gasteiger partial charge on any atom is 0.332 e. The van der Waals surface area contributed by atoms with E-state index in [-0.39, 0.29) is 35.5 Å². The molecule has 208 valence electrons. The molecule has 2 fully saturated rings. The molecular weight excluding hydrogens is 518 g/mol. The molecule has 6 rings (SSSR count). The van der Waals surface area contributed by atoms with Gasteiger partial charge >= 0.3 is 5.69 Å². The van der Waals surface area contributed by atoms with Crippen molar-refractivity contribution >= 4 is 33.5 Å². The Bertz CT molecular complexity index is 1680. The lowest BCUT2D eigenvalue weighted by molar-refractivity contribution is 0.238. The van der Waals surface area contributed by atoms with Gasteiger partial charge in [-0.3, -0.25) is 28.4 Å². The van der Waals surface area contributed by atoms with Crippen LogP contribution in [0.25, 0.3) is 21.9 Å². The van der Waals surface area contributed by atoms with Crippen molar-refractivity contribution in [3.8, 4) is 0 Å². The highest BCUT2D eigenvalue weighted by atomic mass is 35.5. The van der Waals surface area contributed by atoms with Crippen molar-refractivity contribution in [3.63, 3.8) is 0 Å². The molecule has 0 amide bonds. The normalized spacial score (nSPS) is 23.7. The van der Waals surface area contributed by atoms with E-state index in [0.29, 0.717) is 35.1 Å². The van der Waals surface area contributed by atoms with Crippen molar-refractivity contribution in [3.05, 3.63) is 61.5 Å². The molecule has 4 unspecified atom stereocenters. The predicted octanol–water partition coefficient (Wildman–Crippen LogP) is 3.02. The van der Waals surface area contributed by atoms with E-state index in [1.54, 1.807) is 11.6 Å². The van der Waals surface area contributed by atoms with Gasteiger partial charge in [-0.25, -0.2) is 4.79 Å². The molecule has 2 aliphatic rings. The zero-order valence-electron chi connectivity index (χ0n) is 23.3. The van der Waals surface area contributed by atoms with Gasteiger partial charge in [-0.1, -0.05) is 25.4 Å². The molecule has 0 saturated carbocycles. The van der Waals surface area contributed by atoms with Crippen LogP contribution in [0.5, 0.6) is 0 Å². The fraction of sp³-hybridized carbons (Fsp3) is 0.536. The van der Waals surface area contributed by atoms with Gasteiger partial charge in [0.1, 0.15) is 17.7 Å². The fourth-order valence-electron chi connectivity index (χ4n) is 6.29. The van der Waals surface area contributed by atoms with Gasteiger partial charge < -0.3 is 9.72 Å². The summed E-state index contributed by atoms with van der Waals surface area (Å²) < 4.78 is 10.8. The third-order valence-corrected chi connectivity index (χ3v) is 8.47. The van der Waals surface area contributed by atoms with E-state index in [4.69, 9.17) is 21.4 Å². The van der Waals surface area contributed by atoms with Crippen LogP contribution in [0.4, 0.5) is 0 Å². The van der Waals surface area contributed by atoms with E-state index in [1.807, 2.05) is 43.2 Å². The number of likely N-dealkylation sites (N-methyl/N-ethyl adjacent to an activating group) is 1. The van der Waals surface area contributed by atoms with Crippen LogP contribution in [0.15, 0.2) is 34.0 Å².